The Morgan fingerprint density at radius 1 is 1.11 bits per heavy atom. The number of hydrogen-bond acceptors (Lipinski definition) is 6. The summed E-state index contributed by atoms with van der Waals surface area (Å²) < 4.78 is 10.9. The molecule has 1 fully saturated rings. The lowest BCUT2D eigenvalue weighted by molar-refractivity contribution is -0.138. The maximum Gasteiger partial charge on any atom is 0.354 e. The number of ketones is 1. The van der Waals surface area contributed by atoms with Crippen LogP contribution in [0.15, 0.2) is 40.5 Å². The van der Waals surface area contributed by atoms with Gasteiger partial charge in [0.25, 0.3) is 0 Å². The molecule has 0 spiro atoms. The molecule has 0 amide bonds. The molecule has 0 heterocycles. The number of halogens is 1. The van der Waals surface area contributed by atoms with Crippen molar-refractivity contribution in [3.8, 4) is 0 Å². The van der Waals surface area contributed by atoms with E-state index in [9.17, 15) is 9.59 Å². The van der Waals surface area contributed by atoms with Crippen molar-refractivity contribution in [2.75, 3.05) is 13.2 Å². The molecule has 1 atom stereocenters. The second-order valence-corrected chi connectivity index (χ2v) is 9.22. The number of benzene rings is 1. The monoisotopic (exact) mass is 506 g/mol. The first kappa shape index (κ1) is 30.9. The lowest BCUT2D eigenvalue weighted by Crippen LogP contribution is -2.23. The van der Waals surface area contributed by atoms with Crippen molar-refractivity contribution in [1.29, 1.82) is 0 Å². The van der Waals surface area contributed by atoms with Gasteiger partial charge in [0.05, 0.1) is 25.9 Å². The predicted octanol–water partition coefficient (Wildman–Crippen LogP) is 6.58. The van der Waals surface area contributed by atoms with Crippen LogP contribution in [0.1, 0.15) is 91.0 Å². The van der Waals surface area contributed by atoms with Crippen molar-refractivity contribution in [2.24, 2.45) is 10.7 Å². The topological polar surface area (TPSA) is 91.0 Å². The fourth-order valence-corrected chi connectivity index (χ4v) is 4.01. The summed E-state index contributed by atoms with van der Waals surface area (Å²) in [4.78, 5) is 26.8. The zero-order valence-corrected chi connectivity index (χ0v) is 22.7. The van der Waals surface area contributed by atoms with Crippen LogP contribution < -0.4 is 5.73 Å². The molecule has 2 N–H and O–H groups in total. The van der Waals surface area contributed by atoms with E-state index in [1.54, 1.807) is 6.92 Å². The molecule has 6 nitrogen and oxygen atoms in total. The highest BCUT2D eigenvalue weighted by molar-refractivity contribution is 6.30. The number of Topliss-reactive ketones (excluding diaryl/α,β-unsaturated/α-hetero) is 1. The number of unbranched alkanes of at least 4 members (excludes halogenated alkanes) is 1. The van der Waals surface area contributed by atoms with Crippen LogP contribution in [0.4, 0.5) is 0 Å². The molecule has 0 bridgehead atoms. The molecular formula is C28H43ClN2O4. The molecule has 1 aromatic rings. The van der Waals surface area contributed by atoms with Crippen LogP contribution in [0.25, 0.3) is 0 Å². The van der Waals surface area contributed by atoms with Gasteiger partial charge in [0.2, 0.25) is 0 Å². The number of nitrogens with zero attached hydrogens (tertiary/aromatic N) is 1. The van der Waals surface area contributed by atoms with E-state index < -0.39 is 5.97 Å². The molecule has 1 aliphatic carbocycles. The molecule has 35 heavy (non-hydrogen) atoms. The van der Waals surface area contributed by atoms with Crippen molar-refractivity contribution < 1.29 is 19.1 Å². The molecule has 7 heteroatoms. The Morgan fingerprint density at radius 2 is 1.86 bits per heavy atom. The van der Waals surface area contributed by atoms with E-state index in [1.807, 2.05) is 18.2 Å². The Balaban J connectivity index is 0.000000351. The molecule has 1 aromatic carbocycles. The van der Waals surface area contributed by atoms with Crippen LogP contribution in [0.5, 0.6) is 0 Å². The van der Waals surface area contributed by atoms with Crippen molar-refractivity contribution in [2.45, 2.75) is 98.2 Å². The second-order valence-electron chi connectivity index (χ2n) is 8.78. The Kier molecular flexibility index (Phi) is 16.0. The Labute approximate surface area is 216 Å². The summed E-state index contributed by atoms with van der Waals surface area (Å²) in [6.07, 6.45) is 9.88. The Bertz CT molecular complexity index is 851. The summed E-state index contributed by atoms with van der Waals surface area (Å²) in [6.45, 7) is 8.78. The summed E-state index contributed by atoms with van der Waals surface area (Å²) in [6, 6.07) is 7.91. The maximum absolute atomic E-state index is 11.6. The third kappa shape index (κ3) is 12.9. The average molecular weight is 507 g/mol. The molecular weight excluding hydrogens is 464 g/mol. The summed E-state index contributed by atoms with van der Waals surface area (Å²) >= 11 is 5.95. The minimum atomic E-state index is -0.495. The van der Waals surface area contributed by atoms with Crippen LogP contribution in [-0.2, 0) is 25.7 Å². The van der Waals surface area contributed by atoms with Crippen LogP contribution in [0, 0.1) is 0 Å². The first-order valence-corrected chi connectivity index (χ1v) is 13.2. The summed E-state index contributed by atoms with van der Waals surface area (Å²) in [7, 11) is 0. The van der Waals surface area contributed by atoms with E-state index >= 15 is 0 Å². The van der Waals surface area contributed by atoms with Crippen molar-refractivity contribution >= 4 is 29.1 Å². The quantitative estimate of drug-likeness (QED) is 0.255. The average Bonchev–Trinajstić information content (AvgIpc) is 2.84. The summed E-state index contributed by atoms with van der Waals surface area (Å²) in [5.74, 6) is -0.493. The number of carbonyl (C=O) groups is 2. The van der Waals surface area contributed by atoms with Crippen LogP contribution in [0.2, 0.25) is 5.02 Å². The summed E-state index contributed by atoms with van der Waals surface area (Å²) in [5, 5.41) is 0.784. The van der Waals surface area contributed by atoms with E-state index in [1.165, 1.54) is 32.6 Å². The van der Waals surface area contributed by atoms with E-state index in [0.717, 1.165) is 54.0 Å². The number of carbonyl (C=O) groups excluding carboxylic acids is 2. The third-order valence-corrected chi connectivity index (χ3v) is 5.85. The minimum absolute atomic E-state index is 0.00197. The van der Waals surface area contributed by atoms with Crippen LogP contribution >= 0.6 is 11.6 Å². The molecule has 0 radical (unpaired) electrons. The third-order valence-electron chi connectivity index (χ3n) is 5.62. The molecule has 1 unspecified atom stereocenters. The maximum atomic E-state index is 11.6. The zero-order valence-electron chi connectivity index (χ0n) is 21.9. The van der Waals surface area contributed by atoms with Gasteiger partial charge in [-0.25, -0.2) is 4.79 Å². The van der Waals surface area contributed by atoms with Gasteiger partial charge in [-0.1, -0.05) is 56.8 Å². The number of aliphatic imine (C=N–C) groups is 1. The predicted molar refractivity (Wildman–Crippen MR) is 144 cm³/mol. The van der Waals surface area contributed by atoms with Gasteiger partial charge < -0.3 is 15.2 Å². The first-order valence-electron chi connectivity index (χ1n) is 12.9. The van der Waals surface area contributed by atoms with E-state index in [4.69, 9.17) is 26.8 Å². The number of allylic oxidation sites excluding steroid dienone is 1. The van der Waals surface area contributed by atoms with Gasteiger partial charge in [-0.15, -0.1) is 0 Å². The molecule has 1 aliphatic rings. The van der Waals surface area contributed by atoms with Gasteiger partial charge in [-0.2, -0.15) is 0 Å². The highest BCUT2D eigenvalue weighted by Crippen LogP contribution is 2.23. The largest absolute Gasteiger partial charge is 0.461 e. The lowest BCUT2D eigenvalue weighted by atomic mass is 9.91. The van der Waals surface area contributed by atoms with Crippen LogP contribution in [-0.4, -0.2) is 36.7 Å². The number of nitrogens with two attached hydrogens (primary N) is 1. The molecule has 0 saturated heterocycles. The Morgan fingerprint density at radius 3 is 2.49 bits per heavy atom. The fraction of sp³-hybridized carbons (Fsp3) is 0.607. The van der Waals surface area contributed by atoms with Gasteiger partial charge in [-0.3, -0.25) is 9.79 Å². The molecule has 196 valence electrons. The van der Waals surface area contributed by atoms with Gasteiger partial charge in [0.1, 0.15) is 5.70 Å². The first-order chi connectivity index (χ1) is 16.8. The second kappa shape index (κ2) is 18.1. The fourth-order valence-electron chi connectivity index (χ4n) is 3.80. The van der Waals surface area contributed by atoms with Crippen molar-refractivity contribution in [1.82, 2.24) is 0 Å². The normalized spacial score (nSPS) is 16.8. The van der Waals surface area contributed by atoms with E-state index in [2.05, 4.69) is 24.9 Å². The van der Waals surface area contributed by atoms with Gasteiger partial charge in [-0.05, 0) is 70.1 Å². The standard InChI is InChI=1S/C15H23ClO.C13H20N2O3/c1-3-5-10-15(7-4-2)17-12-13-8-6-9-14(16)11-13;1-3-18-13(17)12(14)10-6-4-5-7-11(10)15-8-9(2)16/h6,8-9,11,15H,3-5,7,10,12H2,1-2H3;3-8,14H2,1-2H3/b;12-10-,15-11?. The van der Waals surface area contributed by atoms with Gasteiger partial charge in [0.15, 0.2) is 5.78 Å². The number of hydrogen-bond donors (Lipinski definition) is 1. The van der Waals surface area contributed by atoms with E-state index in [0.29, 0.717) is 19.3 Å². The number of esters is 1. The molecule has 1 saturated carbocycles. The smallest absolute Gasteiger partial charge is 0.354 e. The van der Waals surface area contributed by atoms with Gasteiger partial charge in [0, 0.05) is 16.3 Å². The molecule has 2 rings (SSSR count). The number of rotatable bonds is 12. The highest BCUT2D eigenvalue weighted by Gasteiger charge is 2.20. The molecule has 0 aromatic heterocycles. The van der Waals surface area contributed by atoms with Crippen LogP contribution in [0.3, 0.4) is 0 Å². The highest BCUT2D eigenvalue weighted by atomic mass is 35.5. The molecule has 0 aliphatic heterocycles. The van der Waals surface area contributed by atoms with E-state index in [-0.39, 0.29) is 18.0 Å². The SMILES string of the molecule is CCCCC(CCC)OCc1cccc(Cl)c1.CCOC(=O)/C(N)=C1\CCCCC1=NCC(C)=O. The lowest BCUT2D eigenvalue weighted by Gasteiger charge is -2.18. The van der Waals surface area contributed by atoms with Crippen molar-refractivity contribution in [3.63, 3.8) is 0 Å². The summed E-state index contributed by atoms with van der Waals surface area (Å²) in [5.41, 5.74) is 8.64. The zero-order chi connectivity index (χ0) is 26.1. The van der Waals surface area contributed by atoms with Gasteiger partial charge >= 0.3 is 5.97 Å². The Hall–Kier alpha value is -2.18. The minimum Gasteiger partial charge on any atom is -0.461 e. The van der Waals surface area contributed by atoms with Crippen molar-refractivity contribution in [3.05, 3.63) is 46.1 Å². The number of ether oxygens (including phenoxy) is 2.